The van der Waals surface area contributed by atoms with Gasteiger partial charge in [0.15, 0.2) is 0 Å². The lowest BCUT2D eigenvalue weighted by Gasteiger charge is -2.28. The minimum Gasteiger partial charge on any atom is -0.491 e. The number of nitrogens with zero attached hydrogens (tertiary/aromatic N) is 1. The van der Waals surface area contributed by atoms with E-state index in [1.807, 2.05) is 25.2 Å². The molecular formula is C15H27NO2. The van der Waals surface area contributed by atoms with Crippen LogP contribution < -0.4 is 0 Å². The number of rotatable bonds is 7. The first kappa shape index (κ1) is 15.3. The second kappa shape index (κ2) is 9.17. The molecule has 1 N–H and O–H groups in total. The van der Waals surface area contributed by atoms with E-state index in [2.05, 4.69) is 11.8 Å². The molecule has 0 bridgehead atoms. The van der Waals surface area contributed by atoms with Crippen molar-refractivity contribution < 1.29 is 9.84 Å². The van der Waals surface area contributed by atoms with Crippen molar-refractivity contribution in [2.75, 3.05) is 26.2 Å². The molecule has 0 aromatic heterocycles. The van der Waals surface area contributed by atoms with Crippen LogP contribution in [0.1, 0.15) is 39.5 Å². The minimum atomic E-state index is -0.395. The Bertz CT molecular complexity index is 268. The van der Waals surface area contributed by atoms with Gasteiger partial charge in [0.1, 0.15) is 18.5 Å². The molecule has 104 valence electrons. The van der Waals surface area contributed by atoms with Gasteiger partial charge in [-0.05, 0) is 51.4 Å². The van der Waals surface area contributed by atoms with Crippen LogP contribution in [-0.4, -0.2) is 42.4 Å². The summed E-state index contributed by atoms with van der Waals surface area (Å²) in [5, 5.41) is 9.97. The van der Waals surface area contributed by atoms with Crippen LogP contribution in [0.15, 0.2) is 24.0 Å². The SMILES string of the molecule is C/C=C\C(=C/CC)OCC(O)CN1CCCCC1. The number of hydrogen-bond donors (Lipinski definition) is 1. The van der Waals surface area contributed by atoms with Gasteiger partial charge in [-0.25, -0.2) is 0 Å². The number of β-amino-alcohol motifs (C(OH)–C–C–N with tert-alkyl or cyclic N) is 1. The number of allylic oxidation sites excluding steroid dienone is 3. The molecule has 3 heteroatoms. The molecular weight excluding hydrogens is 226 g/mol. The number of piperidine rings is 1. The highest BCUT2D eigenvalue weighted by atomic mass is 16.5. The number of likely N-dealkylation sites (tertiary alicyclic amines) is 1. The van der Waals surface area contributed by atoms with Gasteiger partial charge in [0.05, 0.1) is 0 Å². The smallest absolute Gasteiger partial charge is 0.115 e. The average Bonchev–Trinajstić information content (AvgIpc) is 2.38. The highest BCUT2D eigenvalue weighted by Gasteiger charge is 2.14. The van der Waals surface area contributed by atoms with E-state index in [0.29, 0.717) is 6.61 Å². The molecule has 1 atom stereocenters. The number of aliphatic hydroxyl groups is 1. The fraction of sp³-hybridized carbons (Fsp3) is 0.733. The lowest BCUT2D eigenvalue weighted by molar-refractivity contribution is 0.0408. The lowest BCUT2D eigenvalue weighted by atomic mass is 10.1. The van der Waals surface area contributed by atoms with Crippen molar-refractivity contribution in [1.29, 1.82) is 0 Å². The summed E-state index contributed by atoms with van der Waals surface area (Å²) in [6.45, 7) is 7.39. The summed E-state index contributed by atoms with van der Waals surface area (Å²) in [6.07, 6.45) is 10.3. The summed E-state index contributed by atoms with van der Waals surface area (Å²) in [5.74, 6) is 0.859. The summed E-state index contributed by atoms with van der Waals surface area (Å²) in [4.78, 5) is 2.33. The largest absolute Gasteiger partial charge is 0.491 e. The van der Waals surface area contributed by atoms with E-state index in [1.54, 1.807) is 0 Å². The average molecular weight is 253 g/mol. The Hall–Kier alpha value is -0.800. The van der Waals surface area contributed by atoms with Crippen molar-refractivity contribution in [3.63, 3.8) is 0 Å². The zero-order valence-electron chi connectivity index (χ0n) is 11.8. The van der Waals surface area contributed by atoms with Crippen molar-refractivity contribution >= 4 is 0 Å². The molecule has 0 saturated carbocycles. The Labute approximate surface area is 111 Å². The second-order valence-corrected chi connectivity index (χ2v) is 4.84. The van der Waals surface area contributed by atoms with Crippen molar-refractivity contribution in [2.45, 2.75) is 45.6 Å². The topological polar surface area (TPSA) is 32.7 Å². The maximum absolute atomic E-state index is 9.97. The van der Waals surface area contributed by atoms with Gasteiger partial charge in [-0.3, -0.25) is 0 Å². The Morgan fingerprint density at radius 1 is 1.33 bits per heavy atom. The molecule has 0 spiro atoms. The van der Waals surface area contributed by atoms with E-state index in [1.165, 1.54) is 19.3 Å². The molecule has 0 aliphatic carbocycles. The first-order valence-electron chi connectivity index (χ1n) is 7.12. The van der Waals surface area contributed by atoms with Gasteiger partial charge >= 0.3 is 0 Å². The maximum atomic E-state index is 9.97. The Kier molecular flexibility index (Phi) is 7.78. The van der Waals surface area contributed by atoms with E-state index in [-0.39, 0.29) is 0 Å². The standard InChI is InChI=1S/C15H27NO2/c1-3-8-15(9-4-2)18-13-14(17)12-16-10-6-5-7-11-16/h3,8-9,14,17H,4-7,10-13H2,1-2H3/b8-3-,15-9+. The Morgan fingerprint density at radius 2 is 2.06 bits per heavy atom. The van der Waals surface area contributed by atoms with Gasteiger partial charge in [0.2, 0.25) is 0 Å². The normalized spacial score (nSPS) is 20.3. The van der Waals surface area contributed by atoms with Gasteiger partial charge in [-0.15, -0.1) is 0 Å². The lowest BCUT2D eigenvalue weighted by Crippen LogP contribution is -2.38. The third-order valence-corrected chi connectivity index (χ3v) is 3.10. The zero-order valence-corrected chi connectivity index (χ0v) is 11.8. The fourth-order valence-electron chi connectivity index (χ4n) is 2.23. The van der Waals surface area contributed by atoms with Gasteiger partial charge < -0.3 is 14.7 Å². The van der Waals surface area contributed by atoms with Gasteiger partial charge in [-0.1, -0.05) is 19.4 Å². The molecule has 1 unspecified atom stereocenters. The third-order valence-electron chi connectivity index (χ3n) is 3.10. The van der Waals surface area contributed by atoms with E-state index >= 15 is 0 Å². The molecule has 0 aromatic carbocycles. The van der Waals surface area contributed by atoms with Crippen LogP contribution in [0.4, 0.5) is 0 Å². The summed E-state index contributed by atoms with van der Waals surface area (Å²) in [6, 6.07) is 0. The molecule has 1 aliphatic heterocycles. The van der Waals surface area contributed by atoms with Crippen LogP contribution in [0.2, 0.25) is 0 Å². The summed E-state index contributed by atoms with van der Waals surface area (Å²) >= 11 is 0. The Morgan fingerprint density at radius 3 is 2.67 bits per heavy atom. The van der Waals surface area contributed by atoms with E-state index in [4.69, 9.17) is 4.74 Å². The quantitative estimate of drug-likeness (QED) is 0.559. The molecule has 0 radical (unpaired) electrons. The van der Waals surface area contributed by atoms with Crippen LogP contribution in [0.25, 0.3) is 0 Å². The van der Waals surface area contributed by atoms with Gasteiger partial charge in [0, 0.05) is 6.54 Å². The van der Waals surface area contributed by atoms with E-state index < -0.39 is 6.10 Å². The monoisotopic (exact) mass is 253 g/mol. The van der Waals surface area contributed by atoms with Gasteiger partial charge in [0.25, 0.3) is 0 Å². The summed E-state index contributed by atoms with van der Waals surface area (Å²) < 4.78 is 5.62. The zero-order chi connectivity index (χ0) is 13.2. The van der Waals surface area contributed by atoms with E-state index in [9.17, 15) is 5.11 Å². The molecule has 0 aromatic rings. The summed E-state index contributed by atoms with van der Waals surface area (Å²) in [5.41, 5.74) is 0. The Balaban J connectivity index is 2.26. The van der Waals surface area contributed by atoms with Crippen LogP contribution in [0, 0.1) is 0 Å². The van der Waals surface area contributed by atoms with E-state index in [0.717, 1.165) is 31.8 Å². The fourth-order valence-corrected chi connectivity index (χ4v) is 2.23. The van der Waals surface area contributed by atoms with Crippen LogP contribution in [0.3, 0.4) is 0 Å². The van der Waals surface area contributed by atoms with Crippen LogP contribution in [0.5, 0.6) is 0 Å². The minimum absolute atomic E-state index is 0.382. The molecule has 0 amide bonds. The molecule has 1 rings (SSSR count). The maximum Gasteiger partial charge on any atom is 0.115 e. The molecule has 1 aliphatic rings. The van der Waals surface area contributed by atoms with Gasteiger partial charge in [-0.2, -0.15) is 0 Å². The van der Waals surface area contributed by atoms with Crippen molar-refractivity contribution in [3.05, 3.63) is 24.0 Å². The number of hydrogen-bond acceptors (Lipinski definition) is 3. The number of aliphatic hydroxyl groups excluding tert-OH is 1. The van der Waals surface area contributed by atoms with Crippen LogP contribution in [-0.2, 0) is 4.74 Å². The molecule has 18 heavy (non-hydrogen) atoms. The first-order chi connectivity index (χ1) is 8.76. The third kappa shape index (κ3) is 6.22. The second-order valence-electron chi connectivity index (χ2n) is 4.84. The highest BCUT2D eigenvalue weighted by Crippen LogP contribution is 2.10. The summed E-state index contributed by atoms with van der Waals surface area (Å²) in [7, 11) is 0. The van der Waals surface area contributed by atoms with Crippen molar-refractivity contribution in [3.8, 4) is 0 Å². The molecule has 1 saturated heterocycles. The molecule has 1 heterocycles. The first-order valence-corrected chi connectivity index (χ1v) is 7.12. The highest BCUT2D eigenvalue weighted by molar-refractivity contribution is 5.10. The number of ether oxygens (including phenoxy) is 1. The molecule has 1 fully saturated rings. The predicted octanol–water partition coefficient (Wildman–Crippen LogP) is 2.72. The van der Waals surface area contributed by atoms with Crippen molar-refractivity contribution in [2.24, 2.45) is 0 Å². The van der Waals surface area contributed by atoms with Crippen LogP contribution >= 0.6 is 0 Å². The molecule has 3 nitrogen and oxygen atoms in total. The van der Waals surface area contributed by atoms with Crippen molar-refractivity contribution in [1.82, 2.24) is 4.90 Å². The predicted molar refractivity (Wildman–Crippen MR) is 75.4 cm³/mol.